The number of hydrogen-bond donors (Lipinski definition) is 3. The quantitative estimate of drug-likeness (QED) is 0.738. The van der Waals surface area contributed by atoms with E-state index in [1.807, 2.05) is 0 Å². The number of nitrogens with zero attached hydrogens (tertiary/aromatic N) is 1. The molecule has 4 N–H and O–H groups in total. The highest BCUT2D eigenvalue weighted by Crippen LogP contribution is 2.21. The van der Waals surface area contributed by atoms with Gasteiger partial charge in [0, 0.05) is 0 Å². The van der Waals surface area contributed by atoms with E-state index >= 15 is 0 Å². The number of aryl methyl sites for hydroxylation is 1. The van der Waals surface area contributed by atoms with Crippen molar-refractivity contribution in [3.05, 3.63) is 36.0 Å². The molecular weight excluding hydrogens is 304 g/mol. The molecule has 0 aliphatic carbocycles. The molecular formula is C10H12N4O4S2. The molecule has 1 heterocycles. The van der Waals surface area contributed by atoms with E-state index in [4.69, 9.17) is 5.14 Å². The van der Waals surface area contributed by atoms with Gasteiger partial charge in [-0.1, -0.05) is 0 Å². The standard InChI is InChI=1S/C10H12N4O4S2/c1-7-6-8(19(11,15)16)2-3-9(7)14-20(17,18)10-4-5-12-13-10/h2-6,14H,1H3,(H,12,13)(H2,11,15,16). The first-order chi connectivity index (χ1) is 9.20. The summed E-state index contributed by atoms with van der Waals surface area (Å²) in [4.78, 5) is -0.0838. The first-order valence-corrected chi connectivity index (χ1v) is 8.39. The van der Waals surface area contributed by atoms with Crippen molar-refractivity contribution in [3.63, 3.8) is 0 Å². The van der Waals surface area contributed by atoms with E-state index in [1.54, 1.807) is 6.92 Å². The minimum absolute atomic E-state index is 0.0838. The topological polar surface area (TPSA) is 135 Å². The van der Waals surface area contributed by atoms with Crippen molar-refractivity contribution < 1.29 is 16.8 Å². The fraction of sp³-hybridized carbons (Fsp3) is 0.100. The largest absolute Gasteiger partial charge is 0.278 e. The van der Waals surface area contributed by atoms with Crippen LogP contribution in [0.15, 0.2) is 40.4 Å². The van der Waals surface area contributed by atoms with Gasteiger partial charge in [-0.2, -0.15) is 13.5 Å². The number of primary sulfonamides is 1. The van der Waals surface area contributed by atoms with Crippen molar-refractivity contribution in [2.45, 2.75) is 16.8 Å². The lowest BCUT2D eigenvalue weighted by atomic mass is 10.2. The summed E-state index contributed by atoms with van der Waals surface area (Å²) in [6.07, 6.45) is 1.31. The first kappa shape index (κ1) is 14.5. The molecule has 0 spiro atoms. The Labute approximate surface area is 116 Å². The van der Waals surface area contributed by atoms with Gasteiger partial charge in [-0.05, 0) is 36.8 Å². The van der Waals surface area contributed by atoms with Crippen LogP contribution in [0.5, 0.6) is 0 Å². The fourth-order valence-electron chi connectivity index (χ4n) is 1.52. The fourth-order valence-corrected chi connectivity index (χ4v) is 3.16. The van der Waals surface area contributed by atoms with Crippen molar-refractivity contribution >= 4 is 25.7 Å². The minimum Gasteiger partial charge on any atom is -0.278 e. The average Bonchev–Trinajstić information content (AvgIpc) is 2.84. The van der Waals surface area contributed by atoms with Crippen molar-refractivity contribution in [1.82, 2.24) is 10.2 Å². The van der Waals surface area contributed by atoms with E-state index in [9.17, 15) is 16.8 Å². The van der Waals surface area contributed by atoms with Crippen molar-refractivity contribution in [2.75, 3.05) is 4.72 Å². The molecule has 0 aliphatic heterocycles. The third kappa shape index (κ3) is 2.98. The molecule has 0 fully saturated rings. The van der Waals surface area contributed by atoms with Crippen LogP contribution in [0.2, 0.25) is 0 Å². The van der Waals surface area contributed by atoms with Crippen LogP contribution < -0.4 is 9.86 Å². The third-order valence-corrected chi connectivity index (χ3v) is 4.74. The third-order valence-electron chi connectivity index (χ3n) is 2.54. The maximum atomic E-state index is 12.0. The highest BCUT2D eigenvalue weighted by molar-refractivity contribution is 7.92. The number of sulfonamides is 2. The Morgan fingerprint density at radius 1 is 1.20 bits per heavy atom. The number of benzene rings is 1. The smallest absolute Gasteiger partial charge is 0.278 e. The molecule has 2 aromatic rings. The summed E-state index contributed by atoms with van der Waals surface area (Å²) in [7, 11) is -7.61. The second-order valence-electron chi connectivity index (χ2n) is 4.05. The monoisotopic (exact) mass is 316 g/mol. The molecule has 108 valence electrons. The molecule has 0 unspecified atom stereocenters. The van der Waals surface area contributed by atoms with E-state index in [-0.39, 0.29) is 15.6 Å². The van der Waals surface area contributed by atoms with E-state index in [2.05, 4.69) is 14.9 Å². The van der Waals surface area contributed by atoms with Crippen LogP contribution in [-0.4, -0.2) is 27.0 Å². The maximum Gasteiger partial charge on any atom is 0.278 e. The molecule has 2 rings (SSSR count). The van der Waals surface area contributed by atoms with Crippen molar-refractivity contribution in [3.8, 4) is 0 Å². The van der Waals surface area contributed by atoms with Gasteiger partial charge in [-0.3, -0.25) is 9.82 Å². The SMILES string of the molecule is Cc1cc(S(N)(=O)=O)ccc1NS(=O)(=O)c1ccn[nH]1. The van der Waals surface area contributed by atoms with Crippen molar-refractivity contribution in [1.29, 1.82) is 0 Å². The molecule has 0 amide bonds. The van der Waals surface area contributed by atoms with Gasteiger partial charge in [-0.25, -0.2) is 13.6 Å². The van der Waals surface area contributed by atoms with Gasteiger partial charge in [-0.15, -0.1) is 0 Å². The molecule has 0 saturated carbocycles. The Balaban J connectivity index is 2.37. The lowest BCUT2D eigenvalue weighted by Gasteiger charge is -2.10. The van der Waals surface area contributed by atoms with Crippen LogP contribution in [0.25, 0.3) is 0 Å². The van der Waals surface area contributed by atoms with Crippen molar-refractivity contribution in [2.24, 2.45) is 5.14 Å². The second-order valence-corrected chi connectivity index (χ2v) is 7.26. The number of nitrogens with two attached hydrogens (primary N) is 1. The molecule has 8 nitrogen and oxygen atoms in total. The molecule has 0 saturated heterocycles. The number of aromatic nitrogens is 2. The lowest BCUT2D eigenvalue weighted by molar-refractivity contribution is 0.596. The number of hydrogen-bond acceptors (Lipinski definition) is 5. The van der Waals surface area contributed by atoms with E-state index in [0.717, 1.165) is 0 Å². The molecule has 1 aromatic carbocycles. The molecule has 0 atom stereocenters. The number of rotatable bonds is 4. The highest BCUT2D eigenvalue weighted by atomic mass is 32.2. The number of anilines is 1. The van der Waals surface area contributed by atoms with Gasteiger partial charge in [0.15, 0.2) is 5.03 Å². The van der Waals surface area contributed by atoms with Crippen LogP contribution >= 0.6 is 0 Å². The Bertz CT molecular complexity index is 826. The summed E-state index contributed by atoms with van der Waals surface area (Å²) in [6.45, 7) is 1.57. The number of nitrogens with one attached hydrogen (secondary N) is 2. The van der Waals surface area contributed by atoms with Gasteiger partial charge in [0.1, 0.15) is 0 Å². The predicted octanol–water partition coefficient (Wildman–Crippen LogP) is 0.166. The first-order valence-electron chi connectivity index (χ1n) is 5.36. The maximum absolute atomic E-state index is 12.0. The molecule has 0 radical (unpaired) electrons. The summed E-state index contributed by atoms with van der Waals surface area (Å²) in [6, 6.07) is 5.16. The summed E-state index contributed by atoms with van der Waals surface area (Å²) < 4.78 is 48.7. The van der Waals surface area contributed by atoms with Gasteiger partial charge >= 0.3 is 0 Å². The lowest BCUT2D eigenvalue weighted by Crippen LogP contribution is -2.15. The predicted molar refractivity (Wildman–Crippen MR) is 71.9 cm³/mol. The normalized spacial score (nSPS) is 12.3. The van der Waals surface area contributed by atoms with Crippen LogP contribution in [0.1, 0.15) is 5.56 Å². The Hall–Kier alpha value is -1.91. The Morgan fingerprint density at radius 2 is 1.90 bits per heavy atom. The zero-order valence-electron chi connectivity index (χ0n) is 10.4. The molecule has 20 heavy (non-hydrogen) atoms. The summed E-state index contributed by atoms with van der Waals surface area (Å²) in [5.41, 5.74) is 0.687. The molecule has 1 aromatic heterocycles. The van der Waals surface area contributed by atoms with E-state index < -0.39 is 20.0 Å². The summed E-state index contributed by atoms with van der Waals surface area (Å²) in [5, 5.41) is 10.8. The van der Waals surface area contributed by atoms with E-state index in [0.29, 0.717) is 5.56 Å². The number of H-pyrrole nitrogens is 1. The Kier molecular flexibility index (Phi) is 3.54. The van der Waals surface area contributed by atoms with Crippen LogP contribution in [0, 0.1) is 6.92 Å². The van der Waals surface area contributed by atoms with Crippen LogP contribution in [0.4, 0.5) is 5.69 Å². The van der Waals surface area contributed by atoms with Gasteiger partial charge in [0.05, 0.1) is 16.8 Å². The van der Waals surface area contributed by atoms with Crippen LogP contribution in [0.3, 0.4) is 0 Å². The van der Waals surface area contributed by atoms with Crippen LogP contribution in [-0.2, 0) is 20.0 Å². The second kappa shape index (κ2) is 4.89. The molecule has 0 aliphatic rings. The zero-order chi connectivity index (χ0) is 15.0. The highest BCUT2D eigenvalue weighted by Gasteiger charge is 2.17. The Morgan fingerprint density at radius 3 is 2.40 bits per heavy atom. The summed E-state index contributed by atoms with van der Waals surface area (Å²) in [5.74, 6) is 0. The molecule has 10 heteroatoms. The number of aromatic amines is 1. The average molecular weight is 316 g/mol. The van der Waals surface area contributed by atoms with Gasteiger partial charge in [0.25, 0.3) is 10.0 Å². The zero-order valence-corrected chi connectivity index (χ0v) is 12.0. The molecule has 0 bridgehead atoms. The van der Waals surface area contributed by atoms with Gasteiger partial charge < -0.3 is 0 Å². The minimum atomic E-state index is -3.82. The van der Waals surface area contributed by atoms with E-state index in [1.165, 1.54) is 30.5 Å². The summed E-state index contributed by atoms with van der Waals surface area (Å²) >= 11 is 0. The van der Waals surface area contributed by atoms with Gasteiger partial charge in [0.2, 0.25) is 10.0 Å².